The van der Waals surface area contributed by atoms with Crippen molar-refractivity contribution in [1.82, 2.24) is 13.5 Å². The molecule has 0 aromatic heterocycles. The van der Waals surface area contributed by atoms with E-state index < -0.39 is 10.2 Å². The number of carbonyl (C=O) groups is 1. The van der Waals surface area contributed by atoms with Crippen molar-refractivity contribution in [3.05, 3.63) is 33.8 Å². The Kier molecular flexibility index (Phi) is 6.50. The molecule has 1 aliphatic rings. The fourth-order valence-electron chi connectivity index (χ4n) is 2.67. The van der Waals surface area contributed by atoms with Crippen LogP contribution in [0.4, 0.5) is 0 Å². The van der Waals surface area contributed by atoms with Crippen LogP contribution < -0.4 is 0 Å². The Labute approximate surface area is 153 Å². The quantitative estimate of drug-likeness (QED) is 0.770. The van der Waals surface area contributed by atoms with Gasteiger partial charge >= 0.3 is 0 Å². The lowest BCUT2D eigenvalue weighted by Gasteiger charge is -2.36. The van der Waals surface area contributed by atoms with Gasteiger partial charge in [0.1, 0.15) is 0 Å². The zero-order valence-corrected chi connectivity index (χ0v) is 16.0. The molecule has 9 heteroatoms. The Morgan fingerprint density at radius 1 is 1.12 bits per heavy atom. The Bertz CT molecular complexity index is 700. The summed E-state index contributed by atoms with van der Waals surface area (Å²) in [6.45, 7) is 5.64. The number of benzene rings is 1. The second kappa shape index (κ2) is 8.01. The molecule has 0 bridgehead atoms. The van der Waals surface area contributed by atoms with Crippen LogP contribution in [0.2, 0.25) is 10.0 Å². The van der Waals surface area contributed by atoms with Crippen LogP contribution in [0.15, 0.2) is 18.2 Å². The summed E-state index contributed by atoms with van der Waals surface area (Å²) in [5.74, 6) is -0.234. The minimum absolute atomic E-state index is 0.224. The first-order chi connectivity index (χ1) is 11.3. The first-order valence-corrected chi connectivity index (χ1v) is 9.96. The zero-order valence-electron chi connectivity index (χ0n) is 13.7. The average molecular weight is 394 g/mol. The highest BCUT2D eigenvalue weighted by Gasteiger charge is 2.32. The molecule has 0 unspecified atom stereocenters. The SMILES string of the molecule is CCN(CC)S(=O)(=O)N1CCN(C(=O)c2cccc(Cl)c2Cl)CC1. The first kappa shape index (κ1) is 19.5. The summed E-state index contributed by atoms with van der Waals surface area (Å²) in [7, 11) is -3.47. The number of hydrogen-bond acceptors (Lipinski definition) is 3. The van der Waals surface area contributed by atoms with E-state index in [9.17, 15) is 13.2 Å². The number of amides is 1. The summed E-state index contributed by atoms with van der Waals surface area (Å²) in [4.78, 5) is 14.2. The molecule has 1 aromatic carbocycles. The van der Waals surface area contributed by atoms with Crippen molar-refractivity contribution >= 4 is 39.3 Å². The van der Waals surface area contributed by atoms with Gasteiger partial charge < -0.3 is 4.90 Å². The topological polar surface area (TPSA) is 60.9 Å². The van der Waals surface area contributed by atoms with Gasteiger partial charge in [-0.1, -0.05) is 43.1 Å². The van der Waals surface area contributed by atoms with Crippen molar-refractivity contribution in [2.45, 2.75) is 13.8 Å². The van der Waals surface area contributed by atoms with Gasteiger partial charge in [0.05, 0.1) is 15.6 Å². The molecule has 0 atom stereocenters. The van der Waals surface area contributed by atoms with Gasteiger partial charge in [0, 0.05) is 39.3 Å². The number of carbonyl (C=O) groups excluding carboxylic acids is 1. The number of piperazine rings is 1. The molecule has 0 saturated carbocycles. The van der Waals surface area contributed by atoms with E-state index in [0.29, 0.717) is 36.8 Å². The fourth-order valence-corrected chi connectivity index (χ4v) is 4.66. The Morgan fingerprint density at radius 3 is 2.25 bits per heavy atom. The maximum Gasteiger partial charge on any atom is 0.282 e. The summed E-state index contributed by atoms with van der Waals surface area (Å²) in [5, 5.41) is 0.549. The maximum absolute atomic E-state index is 12.6. The Morgan fingerprint density at radius 2 is 1.71 bits per heavy atom. The highest BCUT2D eigenvalue weighted by Crippen LogP contribution is 2.27. The molecule has 0 N–H and O–H groups in total. The van der Waals surface area contributed by atoms with Gasteiger partial charge in [-0.25, -0.2) is 0 Å². The van der Waals surface area contributed by atoms with Crippen molar-refractivity contribution < 1.29 is 13.2 Å². The lowest BCUT2D eigenvalue weighted by atomic mass is 10.2. The second-order valence-corrected chi connectivity index (χ2v) is 8.10. The van der Waals surface area contributed by atoms with E-state index in [-0.39, 0.29) is 24.0 Å². The van der Waals surface area contributed by atoms with Gasteiger partial charge in [0.25, 0.3) is 16.1 Å². The van der Waals surface area contributed by atoms with Crippen molar-refractivity contribution in [2.24, 2.45) is 0 Å². The van der Waals surface area contributed by atoms with Crippen LogP contribution in [0, 0.1) is 0 Å². The van der Waals surface area contributed by atoms with Crippen molar-refractivity contribution in [3.8, 4) is 0 Å². The summed E-state index contributed by atoms with van der Waals surface area (Å²) in [5.41, 5.74) is 0.337. The third-order valence-corrected chi connectivity index (χ3v) is 7.07. The molecule has 1 amide bonds. The smallest absolute Gasteiger partial charge is 0.282 e. The van der Waals surface area contributed by atoms with E-state index in [1.54, 1.807) is 23.1 Å². The van der Waals surface area contributed by atoms with Crippen LogP contribution in [0.3, 0.4) is 0 Å². The lowest BCUT2D eigenvalue weighted by Crippen LogP contribution is -2.54. The van der Waals surface area contributed by atoms with E-state index in [1.165, 1.54) is 8.61 Å². The minimum Gasteiger partial charge on any atom is -0.336 e. The van der Waals surface area contributed by atoms with E-state index in [1.807, 2.05) is 13.8 Å². The molecule has 134 valence electrons. The standard InChI is InChI=1S/C15H21Cl2N3O3S/c1-3-19(4-2)24(22,23)20-10-8-18(9-11-20)15(21)12-6-5-7-13(16)14(12)17/h5-7H,3-4,8-11H2,1-2H3. The molecular weight excluding hydrogens is 373 g/mol. The van der Waals surface area contributed by atoms with Crippen molar-refractivity contribution in [2.75, 3.05) is 39.3 Å². The second-order valence-electron chi connectivity index (χ2n) is 5.38. The number of hydrogen-bond donors (Lipinski definition) is 0. The van der Waals surface area contributed by atoms with Crippen molar-refractivity contribution in [1.29, 1.82) is 0 Å². The van der Waals surface area contributed by atoms with Crippen LogP contribution in [0.1, 0.15) is 24.2 Å². The lowest BCUT2D eigenvalue weighted by molar-refractivity contribution is 0.0694. The molecule has 6 nitrogen and oxygen atoms in total. The van der Waals surface area contributed by atoms with Gasteiger partial charge in [0.15, 0.2) is 0 Å². The zero-order chi connectivity index (χ0) is 17.9. The monoisotopic (exact) mass is 393 g/mol. The third-order valence-electron chi connectivity index (χ3n) is 4.07. The number of halogens is 2. The highest BCUT2D eigenvalue weighted by molar-refractivity contribution is 7.86. The molecule has 0 aliphatic carbocycles. The molecule has 1 fully saturated rings. The first-order valence-electron chi connectivity index (χ1n) is 7.81. The predicted octanol–water partition coefficient (Wildman–Crippen LogP) is 2.34. The van der Waals surface area contributed by atoms with Crippen molar-refractivity contribution in [3.63, 3.8) is 0 Å². The molecule has 0 radical (unpaired) electrons. The molecule has 1 aromatic rings. The summed E-state index contributed by atoms with van der Waals surface area (Å²) >= 11 is 12.0. The fraction of sp³-hybridized carbons (Fsp3) is 0.533. The third kappa shape index (κ3) is 3.86. The summed E-state index contributed by atoms with van der Waals surface area (Å²) in [6, 6.07) is 4.91. The van der Waals surface area contributed by atoms with Crippen LogP contribution in [-0.4, -0.2) is 67.1 Å². The maximum atomic E-state index is 12.6. The largest absolute Gasteiger partial charge is 0.336 e. The highest BCUT2D eigenvalue weighted by atomic mass is 35.5. The van der Waals surface area contributed by atoms with Crippen LogP contribution in [-0.2, 0) is 10.2 Å². The molecule has 0 spiro atoms. The molecule has 2 rings (SSSR count). The summed E-state index contributed by atoms with van der Waals surface area (Å²) < 4.78 is 27.8. The van der Waals surface area contributed by atoms with Gasteiger partial charge in [-0.3, -0.25) is 4.79 Å². The molecule has 1 saturated heterocycles. The molecule has 1 aliphatic heterocycles. The van der Waals surface area contributed by atoms with Gasteiger partial charge in [0.2, 0.25) is 0 Å². The van der Waals surface area contributed by atoms with Gasteiger partial charge in [-0.15, -0.1) is 0 Å². The van der Waals surface area contributed by atoms with Gasteiger partial charge in [-0.2, -0.15) is 17.0 Å². The Balaban J connectivity index is 2.07. The minimum atomic E-state index is -3.47. The molecular formula is C15H21Cl2N3O3S. The average Bonchev–Trinajstić information content (AvgIpc) is 2.58. The number of rotatable bonds is 5. The van der Waals surface area contributed by atoms with E-state index in [0.717, 1.165) is 0 Å². The van der Waals surface area contributed by atoms with E-state index >= 15 is 0 Å². The molecule has 24 heavy (non-hydrogen) atoms. The normalized spacial score (nSPS) is 16.6. The van der Waals surface area contributed by atoms with Gasteiger partial charge in [-0.05, 0) is 12.1 Å². The summed E-state index contributed by atoms with van der Waals surface area (Å²) in [6.07, 6.45) is 0. The molecule has 1 heterocycles. The Hall–Kier alpha value is -0.860. The van der Waals surface area contributed by atoms with Crippen LogP contribution >= 0.6 is 23.2 Å². The van der Waals surface area contributed by atoms with Crippen LogP contribution in [0.5, 0.6) is 0 Å². The predicted molar refractivity (Wildman–Crippen MR) is 95.8 cm³/mol. The van der Waals surface area contributed by atoms with Crippen LogP contribution in [0.25, 0.3) is 0 Å². The van der Waals surface area contributed by atoms with E-state index in [2.05, 4.69) is 0 Å². The number of nitrogens with zero attached hydrogens (tertiary/aromatic N) is 3. The van der Waals surface area contributed by atoms with E-state index in [4.69, 9.17) is 23.2 Å².